The number of nitrogens with one attached hydrogen (secondary N) is 1. The molecular weight excluding hydrogens is 211 g/mol. The molecule has 0 aliphatic heterocycles. The van der Waals surface area contributed by atoms with Gasteiger partial charge in [0.05, 0.1) is 0 Å². The summed E-state index contributed by atoms with van der Waals surface area (Å²) >= 11 is 0. The van der Waals surface area contributed by atoms with E-state index < -0.39 is 11.7 Å². The van der Waals surface area contributed by atoms with Crippen LogP contribution in [0.1, 0.15) is 12.5 Å². The van der Waals surface area contributed by atoms with Crippen molar-refractivity contribution in [3.63, 3.8) is 0 Å². The standard InChI is InChI=1S/C11H15FN2O2/c1-2-14-6-8-3-4-10(9(12)5-8)16-7-11(13)15/h3-5,14H,2,6-7H2,1H3,(H2,13,15). The van der Waals surface area contributed by atoms with E-state index in [9.17, 15) is 9.18 Å². The van der Waals surface area contributed by atoms with Crippen LogP contribution in [0.25, 0.3) is 0 Å². The van der Waals surface area contributed by atoms with Crippen molar-refractivity contribution in [2.24, 2.45) is 5.73 Å². The Labute approximate surface area is 93.6 Å². The maximum absolute atomic E-state index is 13.4. The summed E-state index contributed by atoms with van der Waals surface area (Å²) in [7, 11) is 0. The summed E-state index contributed by atoms with van der Waals surface area (Å²) in [5, 5.41) is 3.08. The number of carbonyl (C=O) groups is 1. The fraction of sp³-hybridized carbons (Fsp3) is 0.364. The number of carbonyl (C=O) groups excluding carboxylic acids is 1. The maximum Gasteiger partial charge on any atom is 0.255 e. The van der Waals surface area contributed by atoms with Gasteiger partial charge in [0.1, 0.15) is 0 Å². The molecule has 4 nitrogen and oxygen atoms in total. The van der Waals surface area contributed by atoms with Gasteiger partial charge in [-0.05, 0) is 24.2 Å². The number of hydrogen-bond donors (Lipinski definition) is 2. The highest BCUT2D eigenvalue weighted by Gasteiger charge is 2.05. The first kappa shape index (κ1) is 12.4. The van der Waals surface area contributed by atoms with Gasteiger partial charge in [0.2, 0.25) is 0 Å². The fourth-order valence-electron chi connectivity index (χ4n) is 1.19. The number of hydrogen-bond acceptors (Lipinski definition) is 3. The van der Waals surface area contributed by atoms with Crippen LogP contribution in [0.3, 0.4) is 0 Å². The first-order chi connectivity index (χ1) is 7.63. The molecule has 1 amide bonds. The van der Waals surface area contributed by atoms with E-state index in [1.807, 2.05) is 6.92 Å². The predicted octanol–water partition coefficient (Wildman–Crippen LogP) is 0.799. The quantitative estimate of drug-likeness (QED) is 0.754. The summed E-state index contributed by atoms with van der Waals surface area (Å²) in [5.41, 5.74) is 5.71. The van der Waals surface area contributed by atoms with Crippen molar-refractivity contribution in [2.45, 2.75) is 13.5 Å². The molecule has 0 aromatic heterocycles. The molecule has 88 valence electrons. The van der Waals surface area contributed by atoms with E-state index >= 15 is 0 Å². The van der Waals surface area contributed by atoms with E-state index in [0.717, 1.165) is 12.1 Å². The van der Waals surface area contributed by atoms with Crippen molar-refractivity contribution in [1.29, 1.82) is 0 Å². The topological polar surface area (TPSA) is 64.3 Å². The number of nitrogens with two attached hydrogens (primary N) is 1. The highest BCUT2D eigenvalue weighted by molar-refractivity contribution is 5.75. The fourth-order valence-corrected chi connectivity index (χ4v) is 1.19. The molecule has 0 radical (unpaired) electrons. The summed E-state index contributed by atoms with van der Waals surface area (Å²) in [6.07, 6.45) is 0. The second-order valence-electron chi connectivity index (χ2n) is 3.30. The summed E-state index contributed by atoms with van der Waals surface area (Å²) in [4.78, 5) is 10.5. The lowest BCUT2D eigenvalue weighted by Crippen LogP contribution is -2.20. The molecule has 0 bridgehead atoms. The molecule has 0 fully saturated rings. The summed E-state index contributed by atoms with van der Waals surface area (Å²) < 4.78 is 18.3. The van der Waals surface area contributed by atoms with Gasteiger partial charge in [-0.15, -0.1) is 0 Å². The second-order valence-corrected chi connectivity index (χ2v) is 3.30. The van der Waals surface area contributed by atoms with Gasteiger partial charge in [0.25, 0.3) is 5.91 Å². The Bertz CT molecular complexity index is 369. The van der Waals surface area contributed by atoms with Crippen LogP contribution in [0, 0.1) is 5.82 Å². The van der Waals surface area contributed by atoms with Crippen molar-refractivity contribution >= 4 is 5.91 Å². The Balaban J connectivity index is 2.63. The van der Waals surface area contributed by atoms with Crippen molar-refractivity contribution < 1.29 is 13.9 Å². The van der Waals surface area contributed by atoms with E-state index in [2.05, 4.69) is 5.32 Å². The molecule has 1 rings (SSSR count). The van der Waals surface area contributed by atoms with E-state index in [4.69, 9.17) is 10.5 Å². The normalized spacial score (nSPS) is 10.1. The molecule has 0 spiro atoms. The zero-order chi connectivity index (χ0) is 12.0. The molecule has 0 aliphatic carbocycles. The minimum Gasteiger partial charge on any atom is -0.481 e. The highest BCUT2D eigenvalue weighted by Crippen LogP contribution is 2.18. The van der Waals surface area contributed by atoms with Gasteiger partial charge in [0, 0.05) is 6.54 Å². The minimum absolute atomic E-state index is 0.0408. The average Bonchev–Trinajstić information content (AvgIpc) is 2.24. The first-order valence-corrected chi connectivity index (χ1v) is 5.03. The SMILES string of the molecule is CCNCc1ccc(OCC(N)=O)c(F)c1. The smallest absolute Gasteiger partial charge is 0.255 e. The van der Waals surface area contributed by atoms with E-state index in [1.54, 1.807) is 6.07 Å². The zero-order valence-electron chi connectivity index (χ0n) is 9.13. The zero-order valence-corrected chi connectivity index (χ0v) is 9.13. The highest BCUT2D eigenvalue weighted by atomic mass is 19.1. The van der Waals surface area contributed by atoms with E-state index in [-0.39, 0.29) is 12.4 Å². The van der Waals surface area contributed by atoms with Crippen LogP contribution in [0.5, 0.6) is 5.75 Å². The average molecular weight is 226 g/mol. The van der Waals surface area contributed by atoms with Gasteiger partial charge in [-0.1, -0.05) is 13.0 Å². The van der Waals surface area contributed by atoms with E-state index in [0.29, 0.717) is 6.54 Å². The molecule has 0 saturated carbocycles. The molecule has 1 aromatic carbocycles. The number of amides is 1. The van der Waals surface area contributed by atoms with Crippen molar-refractivity contribution in [3.8, 4) is 5.75 Å². The Morgan fingerprint density at radius 1 is 1.56 bits per heavy atom. The molecule has 16 heavy (non-hydrogen) atoms. The number of rotatable bonds is 6. The van der Waals surface area contributed by atoms with Crippen LogP contribution in [0.4, 0.5) is 4.39 Å². The van der Waals surface area contributed by atoms with Crippen LogP contribution < -0.4 is 15.8 Å². The Kier molecular flexibility index (Phi) is 4.72. The lowest BCUT2D eigenvalue weighted by molar-refractivity contribution is -0.120. The van der Waals surface area contributed by atoms with Gasteiger partial charge < -0.3 is 15.8 Å². The van der Waals surface area contributed by atoms with Gasteiger partial charge in [-0.3, -0.25) is 4.79 Å². The Morgan fingerprint density at radius 3 is 2.88 bits per heavy atom. The van der Waals surface area contributed by atoms with Crippen molar-refractivity contribution in [2.75, 3.05) is 13.2 Å². The van der Waals surface area contributed by atoms with Crippen LogP contribution in [0.2, 0.25) is 0 Å². The van der Waals surface area contributed by atoms with Crippen LogP contribution in [-0.4, -0.2) is 19.1 Å². The predicted molar refractivity (Wildman–Crippen MR) is 58.5 cm³/mol. The number of ether oxygens (including phenoxy) is 1. The van der Waals surface area contributed by atoms with Crippen LogP contribution >= 0.6 is 0 Å². The molecule has 0 atom stereocenters. The molecule has 5 heteroatoms. The lowest BCUT2D eigenvalue weighted by Gasteiger charge is -2.07. The van der Waals surface area contributed by atoms with Crippen LogP contribution in [-0.2, 0) is 11.3 Å². The summed E-state index contributed by atoms with van der Waals surface area (Å²) in [6, 6.07) is 4.60. The van der Waals surface area contributed by atoms with Crippen LogP contribution in [0.15, 0.2) is 18.2 Å². The molecule has 1 aromatic rings. The van der Waals surface area contributed by atoms with Gasteiger partial charge in [-0.2, -0.15) is 0 Å². The molecular formula is C11H15FN2O2. The van der Waals surface area contributed by atoms with Gasteiger partial charge >= 0.3 is 0 Å². The number of primary amides is 1. The Morgan fingerprint density at radius 2 is 2.31 bits per heavy atom. The number of benzene rings is 1. The van der Waals surface area contributed by atoms with Crippen molar-refractivity contribution in [3.05, 3.63) is 29.6 Å². The van der Waals surface area contributed by atoms with Gasteiger partial charge in [-0.25, -0.2) is 4.39 Å². The second kappa shape index (κ2) is 6.07. The molecule has 0 unspecified atom stereocenters. The van der Waals surface area contributed by atoms with E-state index in [1.165, 1.54) is 12.1 Å². The first-order valence-electron chi connectivity index (χ1n) is 5.03. The monoisotopic (exact) mass is 226 g/mol. The summed E-state index contributed by atoms with van der Waals surface area (Å²) in [6.45, 7) is 3.08. The third kappa shape index (κ3) is 3.86. The van der Waals surface area contributed by atoms with Crippen molar-refractivity contribution in [1.82, 2.24) is 5.32 Å². The number of halogens is 1. The maximum atomic E-state index is 13.4. The summed E-state index contributed by atoms with van der Waals surface area (Å²) in [5.74, 6) is -1.08. The minimum atomic E-state index is -0.629. The molecule has 0 heterocycles. The molecule has 0 aliphatic rings. The third-order valence-corrected chi connectivity index (χ3v) is 1.95. The Hall–Kier alpha value is -1.62. The molecule has 3 N–H and O–H groups in total. The largest absolute Gasteiger partial charge is 0.481 e. The molecule has 0 saturated heterocycles. The van der Waals surface area contributed by atoms with Gasteiger partial charge in [0.15, 0.2) is 18.2 Å². The third-order valence-electron chi connectivity index (χ3n) is 1.95. The lowest BCUT2D eigenvalue weighted by atomic mass is 10.2.